The number of aliphatic hydroxyl groups is 2. The van der Waals surface area contributed by atoms with E-state index in [1.807, 2.05) is 20.8 Å². The maximum Gasteiger partial charge on any atom is 0.0813 e. The number of hydrogen-bond acceptors (Lipinski definition) is 2. The van der Waals surface area contributed by atoms with Crippen LogP contribution in [0.2, 0.25) is 0 Å². The molecular formula is C10H18O2. The fourth-order valence-electron chi connectivity index (χ4n) is 1.00. The molecule has 2 N–H and O–H groups in total. The van der Waals surface area contributed by atoms with Crippen LogP contribution in [-0.2, 0) is 0 Å². The Morgan fingerprint density at radius 3 is 2.25 bits per heavy atom. The summed E-state index contributed by atoms with van der Waals surface area (Å²) >= 11 is 0. The van der Waals surface area contributed by atoms with Crippen molar-refractivity contribution in [3.05, 3.63) is 23.8 Å². The van der Waals surface area contributed by atoms with Crippen LogP contribution >= 0.6 is 0 Å². The average molecular weight is 170 g/mol. The zero-order valence-electron chi connectivity index (χ0n) is 8.04. The van der Waals surface area contributed by atoms with Gasteiger partial charge in [-0.3, -0.25) is 0 Å². The molecule has 0 aromatic rings. The first kappa shape index (κ1) is 11.4. The molecule has 0 radical (unpaired) electrons. The molecule has 0 rings (SSSR count). The van der Waals surface area contributed by atoms with Gasteiger partial charge in [-0.1, -0.05) is 32.1 Å². The molecule has 0 aromatic carbocycles. The van der Waals surface area contributed by atoms with E-state index < -0.39 is 6.10 Å². The zero-order valence-corrected chi connectivity index (χ0v) is 8.04. The summed E-state index contributed by atoms with van der Waals surface area (Å²) in [5.41, 5.74) is 1.55. The first-order valence-electron chi connectivity index (χ1n) is 4.15. The Morgan fingerprint density at radius 2 is 2.00 bits per heavy atom. The number of rotatable bonds is 4. The van der Waals surface area contributed by atoms with E-state index in [1.165, 1.54) is 0 Å². The maximum atomic E-state index is 9.65. The molecule has 0 saturated heterocycles. The van der Waals surface area contributed by atoms with Crippen LogP contribution in [0.5, 0.6) is 0 Å². The molecule has 0 saturated carbocycles. The molecule has 0 aliphatic carbocycles. The predicted molar refractivity (Wildman–Crippen MR) is 50.8 cm³/mol. The molecular weight excluding hydrogens is 152 g/mol. The van der Waals surface area contributed by atoms with Gasteiger partial charge in [0.05, 0.1) is 12.7 Å². The molecule has 1 atom stereocenters. The third kappa shape index (κ3) is 3.20. The SMILES string of the molecule is C=C(C)/C(=C/CO)C(O)C(C)C. The Labute approximate surface area is 74.2 Å². The van der Waals surface area contributed by atoms with Gasteiger partial charge < -0.3 is 10.2 Å². The Hall–Kier alpha value is -0.600. The third-order valence-electron chi connectivity index (χ3n) is 1.75. The van der Waals surface area contributed by atoms with Crippen LogP contribution in [-0.4, -0.2) is 22.9 Å². The third-order valence-corrected chi connectivity index (χ3v) is 1.75. The normalized spacial score (nSPS) is 15.0. The van der Waals surface area contributed by atoms with Gasteiger partial charge in [0.15, 0.2) is 0 Å². The molecule has 70 valence electrons. The first-order chi connectivity index (χ1) is 5.50. The van der Waals surface area contributed by atoms with Crippen LogP contribution in [0.15, 0.2) is 23.8 Å². The fourth-order valence-corrected chi connectivity index (χ4v) is 1.00. The molecule has 0 aromatic heterocycles. The molecule has 0 amide bonds. The van der Waals surface area contributed by atoms with Crippen molar-refractivity contribution in [3.63, 3.8) is 0 Å². The van der Waals surface area contributed by atoms with Crippen molar-refractivity contribution in [1.29, 1.82) is 0 Å². The predicted octanol–water partition coefficient (Wildman–Crippen LogP) is 1.50. The van der Waals surface area contributed by atoms with E-state index in [2.05, 4.69) is 6.58 Å². The summed E-state index contributed by atoms with van der Waals surface area (Å²) in [6, 6.07) is 0. The summed E-state index contributed by atoms with van der Waals surface area (Å²) in [6.07, 6.45) is 1.09. The Kier molecular flexibility index (Phi) is 4.86. The second-order valence-corrected chi connectivity index (χ2v) is 3.31. The summed E-state index contributed by atoms with van der Waals surface area (Å²) in [5, 5.41) is 18.3. The monoisotopic (exact) mass is 170 g/mol. The van der Waals surface area contributed by atoms with Gasteiger partial charge in [0.1, 0.15) is 0 Å². The summed E-state index contributed by atoms with van der Waals surface area (Å²) in [4.78, 5) is 0. The van der Waals surface area contributed by atoms with Crippen LogP contribution in [0, 0.1) is 5.92 Å². The van der Waals surface area contributed by atoms with Gasteiger partial charge in [-0.2, -0.15) is 0 Å². The van der Waals surface area contributed by atoms with Crippen molar-refractivity contribution < 1.29 is 10.2 Å². The second kappa shape index (κ2) is 5.12. The number of aliphatic hydroxyl groups excluding tert-OH is 2. The fraction of sp³-hybridized carbons (Fsp3) is 0.600. The Morgan fingerprint density at radius 1 is 1.50 bits per heavy atom. The smallest absolute Gasteiger partial charge is 0.0813 e. The lowest BCUT2D eigenvalue weighted by molar-refractivity contribution is 0.161. The molecule has 12 heavy (non-hydrogen) atoms. The van der Waals surface area contributed by atoms with Crippen molar-refractivity contribution in [3.8, 4) is 0 Å². The maximum absolute atomic E-state index is 9.65. The van der Waals surface area contributed by atoms with Gasteiger partial charge in [-0.25, -0.2) is 0 Å². The van der Waals surface area contributed by atoms with Gasteiger partial charge in [0.25, 0.3) is 0 Å². The minimum atomic E-state index is -0.519. The van der Waals surface area contributed by atoms with Gasteiger partial charge >= 0.3 is 0 Å². The molecule has 1 unspecified atom stereocenters. The van der Waals surface area contributed by atoms with Crippen molar-refractivity contribution in [1.82, 2.24) is 0 Å². The van der Waals surface area contributed by atoms with Gasteiger partial charge in [0.2, 0.25) is 0 Å². The van der Waals surface area contributed by atoms with Crippen molar-refractivity contribution in [2.45, 2.75) is 26.9 Å². The topological polar surface area (TPSA) is 40.5 Å². The van der Waals surface area contributed by atoms with Gasteiger partial charge in [-0.15, -0.1) is 0 Å². The van der Waals surface area contributed by atoms with Crippen molar-refractivity contribution in [2.75, 3.05) is 6.61 Å². The van der Waals surface area contributed by atoms with E-state index in [9.17, 15) is 5.11 Å². The van der Waals surface area contributed by atoms with Gasteiger partial charge in [-0.05, 0) is 18.4 Å². The highest BCUT2D eigenvalue weighted by Gasteiger charge is 2.14. The second-order valence-electron chi connectivity index (χ2n) is 3.31. The van der Waals surface area contributed by atoms with E-state index in [0.717, 1.165) is 11.1 Å². The largest absolute Gasteiger partial charge is 0.392 e. The quantitative estimate of drug-likeness (QED) is 0.628. The highest BCUT2D eigenvalue weighted by Crippen LogP contribution is 2.17. The van der Waals surface area contributed by atoms with Crippen LogP contribution in [0.3, 0.4) is 0 Å². The van der Waals surface area contributed by atoms with Crippen molar-refractivity contribution in [2.24, 2.45) is 5.92 Å². The first-order valence-corrected chi connectivity index (χ1v) is 4.15. The lowest BCUT2D eigenvalue weighted by Crippen LogP contribution is -2.18. The molecule has 0 bridgehead atoms. The Bertz CT molecular complexity index is 180. The van der Waals surface area contributed by atoms with Crippen LogP contribution < -0.4 is 0 Å². The average Bonchev–Trinajstić information content (AvgIpc) is 1.98. The molecule has 0 aliphatic heterocycles. The zero-order chi connectivity index (χ0) is 9.72. The van der Waals surface area contributed by atoms with E-state index in [-0.39, 0.29) is 12.5 Å². The minimum absolute atomic E-state index is 0.0496. The molecule has 0 heterocycles. The van der Waals surface area contributed by atoms with E-state index >= 15 is 0 Å². The lowest BCUT2D eigenvalue weighted by Gasteiger charge is -2.18. The van der Waals surface area contributed by atoms with E-state index in [4.69, 9.17) is 5.11 Å². The van der Waals surface area contributed by atoms with E-state index in [0.29, 0.717) is 0 Å². The van der Waals surface area contributed by atoms with Crippen LogP contribution in [0.25, 0.3) is 0 Å². The summed E-state index contributed by atoms with van der Waals surface area (Å²) in [6.45, 7) is 9.37. The molecule has 0 aliphatic rings. The Balaban J connectivity index is 4.52. The highest BCUT2D eigenvalue weighted by molar-refractivity contribution is 5.30. The lowest BCUT2D eigenvalue weighted by atomic mass is 9.94. The summed E-state index contributed by atoms with van der Waals surface area (Å²) in [5.74, 6) is 0.152. The van der Waals surface area contributed by atoms with Crippen molar-refractivity contribution >= 4 is 0 Å². The molecule has 0 fully saturated rings. The summed E-state index contributed by atoms with van der Waals surface area (Å²) < 4.78 is 0. The highest BCUT2D eigenvalue weighted by atomic mass is 16.3. The van der Waals surface area contributed by atoms with Gasteiger partial charge in [0, 0.05) is 0 Å². The van der Waals surface area contributed by atoms with Crippen LogP contribution in [0.1, 0.15) is 20.8 Å². The summed E-state index contributed by atoms with van der Waals surface area (Å²) in [7, 11) is 0. The van der Waals surface area contributed by atoms with E-state index in [1.54, 1.807) is 6.08 Å². The van der Waals surface area contributed by atoms with Crippen LogP contribution in [0.4, 0.5) is 0 Å². The molecule has 0 spiro atoms. The standard InChI is InChI=1S/C10H18O2/c1-7(2)9(5-6-11)10(12)8(3)4/h5,8,10-12H,1,6H2,2-4H3/b9-5-. The molecule has 2 nitrogen and oxygen atoms in total. The minimum Gasteiger partial charge on any atom is -0.392 e. The number of hydrogen-bond donors (Lipinski definition) is 2. The molecule has 2 heteroatoms.